The van der Waals surface area contributed by atoms with E-state index in [1.54, 1.807) is 0 Å². The number of carbonyl (C=O) groups is 2. The molecule has 2 N–H and O–H groups in total. The molecule has 0 spiro atoms. The summed E-state index contributed by atoms with van der Waals surface area (Å²) in [6.45, 7) is 12.7. The molecule has 48 heavy (non-hydrogen) atoms. The molecular formula is C32H63NO15. The number of aliphatic carboxylic acids is 1. The summed E-state index contributed by atoms with van der Waals surface area (Å²) in [7, 11) is 0. The van der Waals surface area contributed by atoms with Crippen LogP contribution < -0.4 is 5.32 Å². The molecule has 0 saturated carbocycles. The van der Waals surface area contributed by atoms with Gasteiger partial charge in [0.1, 0.15) is 13.2 Å². The van der Waals surface area contributed by atoms with Crippen molar-refractivity contribution < 1.29 is 71.5 Å². The van der Waals surface area contributed by atoms with Crippen LogP contribution in [0.4, 0.5) is 0 Å². The zero-order chi connectivity index (χ0) is 34.9. The molecular weight excluding hydrogens is 638 g/mol. The molecule has 16 heteroatoms. The Bertz CT molecular complexity index is 663. The summed E-state index contributed by atoms with van der Waals surface area (Å²) in [5, 5.41) is 11.0. The zero-order valence-electron chi connectivity index (χ0n) is 29.2. The Morgan fingerprint density at radius 3 is 1.02 bits per heavy atom. The molecule has 0 aliphatic carbocycles. The van der Waals surface area contributed by atoms with Crippen molar-refractivity contribution in [3.05, 3.63) is 0 Å². The van der Waals surface area contributed by atoms with E-state index in [0.717, 1.165) is 13.0 Å². The van der Waals surface area contributed by atoms with Crippen molar-refractivity contribution in [1.82, 2.24) is 5.32 Å². The van der Waals surface area contributed by atoms with Crippen LogP contribution in [0.25, 0.3) is 0 Å². The van der Waals surface area contributed by atoms with Gasteiger partial charge in [-0.25, -0.2) is 4.79 Å². The molecule has 0 aliphatic rings. The number of amides is 1. The highest BCUT2D eigenvalue weighted by Gasteiger charge is 2.03. The van der Waals surface area contributed by atoms with Gasteiger partial charge in [0, 0.05) is 13.2 Å². The fourth-order valence-corrected chi connectivity index (χ4v) is 3.48. The van der Waals surface area contributed by atoms with Gasteiger partial charge in [-0.2, -0.15) is 0 Å². The first kappa shape index (κ1) is 46.5. The third-order valence-corrected chi connectivity index (χ3v) is 5.89. The Morgan fingerprint density at radius 2 is 0.708 bits per heavy atom. The first-order valence-corrected chi connectivity index (χ1v) is 17.1. The maximum atomic E-state index is 11.4. The molecule has 0 atom stereocenters. The van der Waals surface area contributed by atoms with Crippen LogP contribution in [-0.2, 0) is 66.4 Å². The first-order chi connectivity index (χ1) is 23.7. The summed E-state index contributed by atoms with van der Waals surface area (Å²) in [5.74, 6) is -1.52. The molecule has 0 aromatic carbocycles. The number of unbranched alkanes of at least 4 members (excludes halogenated alkanes) is 3. The first-order valence-electron chi connectivity index (χ1n) is 17.1. The van der Waals surface area contributed by atoms with Crippen molar-refractivity contribution >= 4 is 11.9 Å². The fraction of sp³-hybridized carbons (Fsp3) is 0.938. The van der Waals surface area contributed by atoms with Gasteiger partial charge in [0.15, 0.2) is 0 Å². The van der Waals surface area contributed by atoms with E-state index >= 15 is 0 Å². The van der Waals surface area contributed by atoms with E-state index in [1.807, 2.05) is 0 Å². The normalized spacial score (nSPS) is 11.4. The minimum Gasteiger partial charge on any atom is -0.480 e. The number of rotatable bonds is 42. The molecule has 0 bridgehead atoms. The van der Waals surface area contributed by atoms with Crippen molar-refractivity contribution in [2.75, 3.05) is 165 Å². The van der Waals surface area contributed by atoms with Gasteiger partial charge < -0.3 is 67.3 Å². The minimum absolute atomic E-state index is 0.300. The van der Waals surface area contributed by atoms with Gasteiger partial charge in [-0.15, -0.1) is 0 Å². The van der Waals surface area contributed by atoms with E-state index in [0.29, 0.717) is 145 Å². The number of hydrogen-bond acceptors (Lipinski definition) is 14. The highest BCUT2D eigenvalue weighted by atomic mass is 16.6. The number of ether oxygens (including phenoxy) is 12. The van der Waals surface area contributed by atoms with Crippen LogP contribution in [0.1, 0.15) is 32.6 Å². The van der Waals surface area contributed by atoms with Gasteiger partial charge in [-0.1, -0.05) is 26.2 Å². The van der Waals surface area contributed by atoms with Crippen LogP contribution in [0.3, 0.4) is 0 Å². The Morgan fingerprint density at radius 1 is 0.396 bits per heavy atom. The van der Waals surface area contributed by atoms with E-state index in [4.69, 9.17) is 57.2 Å². The summed E-state index contributed by atoms with van der Waals surface area (Å²) < 4.78 is 64.6. The van der Waals surface area contributed by atoms with E-state index in [1.165, 1.54) is 19.3 Å². The van der Waals surface area contributed by atoms with Crippen molar-refractivity contribution in [2.24, 2.45) is 0 Å². The molecule has 1 amide bonds. The second-order valence-corrected chi connectivity index (χ2v) is 10.0. The molecule has 0 aromatic rings. The Hall–Kier alpha value is -1.54. The summed E-state index contributed by atoms with van der Waals surface area (Å²) in [6.07, 6.45) is 4.87. The standard InChI is InChI=1S/C32H63NO15/c1-2-3-4-5-7-37-9-11-39-13-15-41-17-19-43-21-23-45-25-27-47-28-26-46-24-22-44-20-18-42-16-14-40-12-10-38-8-6-33-31(34)29-48-30-32(35)36/h2-30H2,1H3,(H,33,34)(H,35,36). The van der Waals surface area contributed by atoms with Crippen LogP contribution >= 0.6 is 0 Å². The van der Waals surface area contributed by atoms with E-state index in [2.05, 4.69) is 17.0 Å². The van der Waals surface area contributed by atoms with Crippen LogP contribution in [0.5, 0.6) is 0 Å². The smallest absolute Gasteiger partial charge is 0.329 e. The SMILES string of the molecule is CCCCCCOCCOCCOCCOCCOCCOCCOCCOCCOCCOCCOCCNC(=O)COCC(=O)O. The Labute approximate surface area is 286 Å². The number of carbonyl (C=O) groups excluding carboxylic acids is 1. The topological polar surface area (TPSA) is 177 Å². The van der Waals surface area contributed by atoms with E-state index in [-0.39, 0.29) is 6.61 Å². The predicted octanol–water partition coefficient (Wildman–Crippen LogP) is 0.967. The van der Waals surface area contributed by atoms with Crippen LogP contribution in [0.2, 0.25) is 0 Å². The summed E-state index contributed by atoms with van der Waals surface area (Å²) >= 11 is 0. The van der Waals surface area contributed by atoms with E-state index < -0.39 is 18.5 Å². The lowest BCUT2D eigenvalue weighted by Crippen LogP contribution is -2.31. The highest BCUT2D eigenvalue weighted by Crippen LogP contribution is 1.98. The van der Waals surface area contributed by atoms with Gasteiger partial charge in [0.05, 0.1) is 139 Å². The number of carboxylic acid groups (broad SMARTS) is 1. The summed E-state index contributed by atoms with van der Waals surface area (Å²) in [5.41, 5.74) is 0. The van der Waals surface area contributed by atoms with Crippen LogP contribution in [-0.4, -0.2) is 182 Å². The van der Waals surface area contributed by atoms with Crippen LogP contribution in [0.15, 0.2) is 0 Å². The molecule has 0 unspecified atom stereocenters. The molecule has 0 heterocycles. The molecule has 0 fully saturated rings. The van der Waals surface area contributed by atoms with Crippen molar-refractivity contribution in [3.63, 3.8) is 0 Å². The Balaban J connectivity index is 3.08. The van der Waals surface area contributed by atoms with Gasteiger partial charge >= 0.3 is 5.97 Å². The third kappa shape index (κ3) is 42.5. The average Bonchev–Trinajstić information content (AvgIpc) is 3.07. The summed E-state index contributed by atoms with van der Waals surface area (Å²) in [4.78, 5) is 21.6. The van der Waals surface area contributed by atoms with Gasteiger partial charge in [-0.05, 0) is 6.42 Å². The largest absolute Gasteiger partial charge is 0.480 e. The van der Waals surface area contributed by atoms with Crippen molar-refractivity contribution in [3.8, 4) is 0 Å². The average molecular weight is 702 g/mol. The highest BCUT2D eigenvalue weighted by molar-refractivity contribution is 5.77. The Kier molecular flexibility index (Phi) is 40.3. The van der Waals surface area contributed by atoms with Crippen LogP contribution in [0, 0.1) is 0 Å². The maximum absolute atomic E-state index is 11.4. The van der Waals surface area contributed by atoms with Gasteiger partial charge in [-0.3, -0.25) is 4.79 Å². The van der Waals surface area contributed by atoms with Crippen molar-refractivity contribution in [1.29, 1.82) is 0 Å². The molecule has 286 valence electrons. The second kappa shape index (κ2) is 41.6. The molecule has 0 rings (SSSR count). The quantitative estimate of drug-likeness (QED) is 0.0860. The minimum atomic E-state index is -1.12. The predicted molar refractivity (Wildman–Crippen MR) is 175 cm³/mol. The van der Waals surface area contributed by atoms with Crippen molar-refractivity contribution in [2.45, 2.75) is 32.6 Å². The zero-order valence-corrected chi connectivity index (χ0v) is 29.2. The molecule has 0 aliphatic heterocycles. The molecule has 16 nitrogen and oxygen atoms in total. The lowest BCUT2D eigenvalue weighted by Gasteiger charge is -2.09. The molecule has 0 saturated heterocycles. The number of carboxylic acids is 1. The second-order valence-electron chi connectivity index (χ2n) is 10.0. The number of nitrogens with one attached hydrogen (secondary N) is 1. The lowest BCUT2D eigenvalue weighted by atomic mass is 10.2. The summed E-state index contributed by atoms with van der Waals surface area (Å²) in [6, 6.07) is 0. The monoisotopic (exact) mass is 701 g/mol. The number of hydrogen-bond donors (Lipinski definition) is 2. The van der Waals surface area contributed by atoms with Gasteiger partial charge in [0.25, 0.3) is 0 Å². The van der Waals surface area contributed by atoms with E-state index in [9.17, 15) is 9.59 Å². The molecule has 0 radical (unpaired) electrons. The fourth-order valence-electron chi connectivity index (χ4n) is 3.48. The maximum Gasteiger partial charge on any atom is 0.329 e. The third-order valence-electron chi connectivity index (χ3n) is 5.89. The lowest BCUT2D eigenvalue weighted by molar-refractivity contribution is -0.143. The molecule has 0 aromatic heterocycles. The van der Waals surface area contributed by atoms with Gasteiger partial charge in [0.2, 0.25) is 5.91 Å².